The second-order valence-electron chi connectivity index (χ2n) is 28.7. The lowest BCUT2D eigenvalue weighted by atomic mass is 9.94. The van der Waals surface area contributed by atoms with Crippen molar-refractivity contribution >= 4 is 77.5 Å². The van der Waals surface area contributed by atoms with Gasteiger partial charge in [0.05, 0.1) is 58.0 Å². The highest BCUT2D eigenvalue weighted by Gasteiger charge is 2.52. The van der Waals surface area contributed by atoms with Crippen LogP contribution in [0.25, 0.3) is 72.2 Å². The molecule has 0 spiro atoms. The Kier molecular flexibility index (Phi) is 24.9. The monoisotopic (exact) mass is 1760 g/mol. The predicted molar refractivity (Wildman–Crippen MR) is 453 cm³/mol. The van der Waals surface area contributed by atoms with Crippen LogP contribution >= 0.6 is 11.8 Å². The fraction of sp³-hybridized carbons (Fsp3) is 0.102. The van der Waals surface area contributed by atoms with Crippen LogP contribution in [-0.2, 0) is 65.2 Å². The molecule has 15 rings (SSSR count). The molecule has 1 atom stereocenters. The van der Waals surface area contributed by atoms with E-state index in [0.29, 0.717) is 51.9 Å². The number of sulfone groups is 1. The fourth-order valence-corrected chi connectivity index (χ4v) is 19.1. The summed E-state index contributed by atoms with van der Waals surface area (Å²) in [7, 11) is -6.36. The number of alkyl halides is 6. The maximum atomic E-state index is 16.6. The largest absolute Gasteiger partial charge is 0.772 e. The summed E-state index contributed by atoms with van der Waals surface area (Å²) in [5.41, 5.74) is -4.09. The van der Waals surface area contributed by atoms with Gasteiger partial charge in [0, 0.05) is 63.1 Å². The number of rotatable bonds is 10. The third-order valence-corrected chi connectivity index (χ3v) is 24.7. The lowest BCUT2D eigenvalue weighted by Gasteiger charge is -2.18. The van der Waals surface area contributed by atoms with Crippen molar-refractivity contribution in [2.75, 3.05) is 0 Å². The van der Waals surface area contributed by atoms with E-state index in [4.69, 9.17) is 52.6 Å². The first kappa shape index (κ1) is 89.1. The van der Waals surface area contributed by atoms with E-state index in [2.05, 4.69) is 44.8 Å². The van der Waals surface area contributed by atoms with Crippen molar-refractivity contribution in [3.05, 3.63) is 449 Å². The molecule has 0 saturated carbocycles. The molecule has 0 aliphatic heterocycles. The fourth-order valence-electron chi connectivity index (χ4n) is 16.7. The summed E-state index contributed by atoms with van der Waals surface area (Å²) in [5, 5.41) is 77.9. The van der Waals surface area contributed by atoms with Crippen molar-refractivity contribution in [3.8, 4) is 48.6 Å². The summed E-state index contributed by atoms with van der Waals surface area (Å²) in [6.45, 7) is 61.9. The Morgan fingerprint density at radius 1 is 0.426 bits per heavy atom. The molecule has 31 heteroatoms. The summed E-state index contributed by atoms with van der Waals surface area (Å²) in [5.74, 6) is -3.46. The highest BCUT2D eigenvalue weighted by Crippen LogP contribution is 2.46. The molecule has 0 amide bonds. The minimum absolute atomic E-state index is 0.00710. The molecule has 0 saturated heterocycles. The van der Waals surface area contributed by atoms with E-state index in [1.165, 1.54) is 24.3 Å². The van der Waals surface area contributed by atoms with Gasteiger partial charge in [0.25, 0.3) is 9.84 Å². The molecule has 9 aromatic carbocycles. The Bertz CT molecular complexity index is 7850. The quantitative estimate of drug-likeness (QED) is 0.0405. The van der Waals surface area contributed by atoms with Crippen molar-refractivity contribution in [1.82, 2.24) is 0 Å². The highest BCUT2D eigenvalue weighted by atomic mass is 32.2. The van der Waals surface area contributed by atoms with E-state index < -0.39 is 101 Å². The molecule has 9 aromatic rings. The molecule has 129 heavy (non-hydrogen) atoms. The molecular formula is C98H43F8N16O4S3-. The van der Waals surface area contributed by atoms with Crippen LogP contribution in [0.3, 0.4) is 0 Å². The van der Waals surface area contributed by atoms with E-state index in [1.807, 2.05) is 54.6 Å². The molecular weight excluding hydrogens is 1710 g/mol. The number of fused-ring (bicyclic) bond motifs is 6. The summed E-state index contributed by atoms with van der Waals surface area (Å²) < 4.78 is 169. The van der Waals surface area contributed by atoms with Gasteiger partial charge < -0.3 is 4.55 Å². The van der Waals surface area contributed by atoms with E-state index in [-0.39, 0.29) is 145 Å². The summed E-state index contributed by atoms with van der Waals surface area (Å²) >= 11 is -3.47. The zero-order valence-corrected chi connectivity index (χ0v) is 68.4. The van der Waals surface area contributed by atoms with Gasteiger partial charge in [0.15, 0.2) is 11.4 Å². The molecule has 0 aromatic heterocycles. The number of halogens is 8. The summed E-state index contributed by atoms with van der Waals surface area (Å²) in [4.78, 5) is 25.4. The number of hydrogen-bond acceptors (Lipinski definition) is 13. The molecule has 614 valence electrons. The number of nitriles is 8. The van der Waals surface area contributed by atoms with Crippen molar-refractivity contribution in [2.45, 2.75) is 72.0 Å². The van der Waals surface area contributed by atoms with Gasteiger partial charge in [-0.25, -0.2) is 26.9 Å². The number of aryl methyl sites for hydroxylation is 1. The smallest absolute Gasteiger partial charge is 0.523 e. The number of nitrogens with zero attached hydrogens (tertiary/aromatic N) is 16. The van der Waals surface area contributed by atoms with Crippen molar-refractivity contribution in [1.29, 1.82) is 42.1 Å². The third kappa shape index (κ3) is 16.2. The van der Waals surface area contributed by atoms with E-state index in [1.54, 1.807) is 104 Å². The Hall–Kier alpha value is -17.7. The number of allylic oxidation sites excluding steroid dienone is 9. The van der Waals surface area contributed by atoms with Crippen LogP contribution in [0.15, 0.2) is 235 Å². The Morgan fingerprint density at radius 2 is 0.775 bits per heavy atom. The Morgan fingerprint density at radius 3 is 1.19 bits per heavy atom. The van der Waals surface area contributed by atoms with Gasteiger partial charge in [0.1, 0.15) is 104 Å². The lowest BCUT2D eigenvalue weighted by Crippen LogP contribution is -2.36. The maximum Gasteiger partial charge on any atom is 0.523 e. The van der Waals surface area contributed by atoms with Gasteiger partial charge in [0.2, 0.25) is 0 Å². The van der Waals surface area contributed by atoms with Crippen molar-refractivity contribution in [3.63, 3.8) is 0 Å². The van der Waals surface area contributed by atoms with Crippen LogP contribution in [0.4, 0.5) is 46.5 Å². The van der Waals surface area contributed by atoms with E-state index in [0.717, 1.165) is 68.1 Å². The first-order valence-corrected chi connectivity index (χ1v) is 40.9. The Balaban J connectivity index is 0.000000167. The normalized spacial score (nSPS) is 13.4. The molecule has 6 aliphatic carbocycles. The minimum Gasteiger partial charge on any atom is -0.772 e. The number of hydrogen-bond donors (Lipinski definition) is 0. The van der Waals surface area contributed by atoms with Gasteiger partial charge in [-0.15, -0.1) is 0 Å². The van der Waals surface area contributed by atoms with Crippen LogP contribution in [0.1, 0.15) is 89.0 Å². The average molecular weight is 1760 g/mol. The Labute approximate surface area is 736 Å². The van der Waals surface area contributed by atoms with Crippen LogP contribution in [0.2, 0.25) is 0 Å². The van der Waals surface area contributed by atoms with E-state index >= 15 is 8.78 Å². The molecule has 0 heterocycles. The SMILES string of the molecule is [C-]#[N+]C([N+]#[C-])=C1Cc2c(CS(=O)[O-])c3c(c(S(=O)(=O)C(F)(F)F)c2=C1c1ccc(C)cc1)CC(=C(C#N)C#N)C=3c1ccc(SC(F)(F)F)cc1.[C-]#[N+]C([N+]#[C-])=C1Cc2c(F)c3c(c(F)c2=C1c1cccc([N+]#[C-])c1)CC(=C(C#N)C#N)C=3c1cccc(C#N)c1.[C-]#[N+]C([N+]#[C-])=C1Cc2cc3c(cc2=C1c1cccc([N+]#[C-])c1)CC(=C(C#N)C#N)C=3c1cccc(C#N)c1. The van der Waals surface area contributed by atoms with Gasteiger partial charge in [-0.05, 0) is 219 Å². The minimum atomic E-state index is -6.36. The first-order chi connectivity index (χ1) is 61.8. The van der Waals surface area contributed by atoms with Crippen LogP contribution in [0.5, 0.6) is 0 Å². The highest BCUT2D eigenvalue weighted by molar-refractivity contribution is 8.00. The van der Waals surface area contributed by atoms with Crippen molar-refractivity contribution in [2.24, 2.45) is 0 Å². The second-order valence-corrected chi connectivity index (χ2v) is 32.6. The summed E-state index contributed by atoms with van der Waals surface area (Å²) in [6, 6.07) is 56.1. The van der Waals surface area contributed by atoms with Gasteiger partial charge >= 0.3 is 28.5 Å². The third-order valence-electron chi connectivity index (χ3n) is 21.8. The first-order valence-electron chi connectivity index (χ1n) is 37.3. The summed E-state index contributed by atoms with van der Waals surface area (Å²) in [6.07, 6.45) is -1.10. The van der Waals surface area contributed by atoms with Crippen molar-refractivity contribution < 1.29 is 52.3 Å². The topological polar surface area (TPSA) is 299 Å². The van der Waals surface area contributed by atoms with E-state index in [9.17, 15) is 85.6 Å². The predicted octanol–water partition coefficient (Wildman–Crippen LogP) is 16.5. The van der Waals surface area contributed by atoms with Gasteiger partial charge in [-0.1, -0.05) is 114 Å². The zero-order valence-electron chi connectivity index (χ0n) is 66.0. The molecule has 0 fully saturated rings. The number of benzene rings is 9. The molecule has 1 unspecified atom stereocenters. The standard InChI is InChI=1S/C34H18F6N4O4S3.C32H12F2N6.C32H14N6/c1-17-4-6-18(7-5-17)28-25(32(43-2)44-3)13-23-26(16-50(45)46)29-24(31(30(23)28)51(47,48)34(38,39)40)12-22(20(14-41)15-42)27(29)19-8-10-21(11-9-19)49-33(35,36)37;1-38-21-9-5-8-19(11-21)27-25(32(39-2)40-3)13-24-29(27)30(33)23-12-22(20(15-36)16-37)26(28(23)31(24)34)18-7-4-6-17(10-18)14-35;1-36-25-9-5-8-21(11-25)31-27-12-22-14-28(24(17-34)18-35)30(20-7-4-6-19(10-20)16-33)26(22)13-23(27)15-29(31)32(37-2)38-3/h4-11H,12-13,16H2,1H3,(H,45,46);4-11H,12-13H2;4-13H,14-15H2/p-1. The molecule has 0 radical (unpaired) electrons. The molecule has 6 aliphatic rings. The number of thioether (sulfide) groups is 1. The van der Waals surface area contributed by atoms with Crippen LogP contribution in [-0.4, -0.2) is 28.2 Å². The second kappa shape index (κ2) is 36.0. The maximum absolute atomic E-state index is 16.6. The lowest BCUT2D eigenvalue weighted by molar-refractivity contribution is -0.0437. The van der Waals surface area contributed by atoms with Crippen LogP contribution < -0.4 is 31.3 Å². The zero-order chi connectivity index (χ0) is 93.0. The average Bonchev–Trinajstić information content (AvgIpc) is 1.54. The van der Waals surface area contributed by atoms with Gasteiger partial charge in [-0.2, -0.15) is 97.5 Å². The van der Waals surface area contributed by atoms with Crippen LogP contribution in [0, 0.1) is 162 Å². The van der Waals surface area contributed by atoms with Gasteiger partial charge in [-0.3, -0.25) is 4.21 Å². The molecule has 20 nitrogen and oxygen atoms in total. The molecule has 0 bridgehead atoms. The molecule has 0 N–H and O–H groups in total.